The van der Waals surface area contributed by atoms with Gasteiger partial charge in [-0.1, -0.05) is 109 Å². The zero-order chi connectivity index (χ0) is 34.2. The minimum absolute atomic E-state index is 1.07. The van der Waals surface area contributed by atoms with Gasteiger partial charge in [0.2, 0.25) is 0 Å². The van der Waals surface area contributed by atoms with Crippen LogP contribution in [0.5, 0.6) is 0 Å². The van der Waals surface area contributed by atoms with E-state index in [4.69, 9.17) is 4.98 Å². The third-order valence-electron chi connectivity index (χ3n) is 10.2. The first-order chi connectivity index (χ1) is 25.8. The lowest BCUT2D eigenvalue weighted by Gasteiger charge is -2.11. The van der Waals surface area contributed by atoms with Crippen LogP contribution in [-0.2, 0) is 0 Å². The van der Waals surface area contributed by atoms with Gasteiger partial charge < -0.3 is 9.13 Å². The molecule has 0 radical (unpaired) electrons. The average molecular weight is 700 g/mol. The van der Waals surface area contributed by atoms with Gasteiger partial charge in [0.05, 0.1) is 34.0 Å². The zero-order valence-electron chi connectivity index (χ0n) is 27.9. The number of nitrogens with zero attached hydrogens (tertiary/aromatic N) is 3. The number of hydrogen-bond donors (Lipinski definition) is 0. The molecule has 4 aromatic heterocycles. The number of rotatable bonds is 5. The monoisotopic (exact) mass is 699 g/mol. The number of fused-ring (bicyclic) bond motifs is 9. The standard InChI is InChI=1S/C47H29N3S2/c1-2-11-30(12-3-1)31-13-10-14-32(25-31)49-42-18-7-4-15-36(42)39-27-34(21-23-44(39)49)51-35-22-24-45-40(28-35)37-16-5-8-19-43(37)50(45)33-26-41-38-17-6-9-20-46(38)52-47(41)48-29-33/h1-29H. The van der Waals surface area contributed by atoms with Crippen LogP contribution >= 0.6 is 23.1 Å². The van der Waals surface area contributed by atoms with Gasteiger partial charge >= 0.3 is 0 Å². The van der Waals surface area contributed by atoms with E-state index >= 15 is 0 Å². The maximum atomic E-state index is 4.94. The molecule has 0 saturated heterocycles. The molecule has 11 rings (SSSR count). The highest BCUT2D eigenvalue weighted by Gasteiger charge is 2.17. The van der Waals surface area contributed by atoms with E-state index in [9.17, 15) is 0 Å². The van der Waals surface area contributed by atoms with Gasteiger partial charge in [-0.05, 0) is 83.9 Å². The van der Waals surface area contributed by atoms with Crippen molar-refractivity contribution in [1.29, 1.82) is 0 Å². The number of hydrogen-bond acceptors (Lipinski definition) is 3. The third kappa shape index (κ3) is 4.63. The number of pyridine rings is 1. The molecule has 0 aliphatic rings. The summed E-state index contributed by atoms with van der Waals surface area (Å²) in [6.07, 6.45) is 2.02. The lowest BCUT2D eigenvalue weighted by Crippen LogP contribution is -1.94. The van der Waals surface area contributed by atoms with E-state index in [1.165, 1.54) is 80.0 Å². The van der Waals surface area contributed by atoms with Crippen molar-refractivity contribution < 1.29 is 0 Å². The molecule has 0 saturated carbocycles. The molecule has 0 aliphatic carbocycles. The van der Waals surface area contributed by atoms with E-state index in [1.54, 1.807) is 11.3 Å². The Kier molecular flexibility index (Phi) is 6.66. The zero-order valence-corrected chi connectivity index (χ0v) is 29.5. The van der Waals surface area contributed by atoms with E-state index in [2.05, 4.69) is 179 Å². The SMILES string of the molecule is c1ccc(-c2cccc(-n3c4ccccc4c4cc(Sc5ccc6c(c5)c5ccccc5n6-c5cnc6sc7ccccc7c6c5)ccc43)c2)cc1. The highest BCUT2D eigenvalue weighted by molar-refractivity contribution is 7.99. The molecule has 0 fully saturated rings. The molecule has 0 amide bonds. The molecule has 244 valence electrons. The molecule has 0 aliphatic heterocycles. The van der Waals surface area contributed by atoms with E-state index in [-0.39, 0.29) is 0 Å². The summed E-state index contributed by atoms with van der Waals surface area (Å²) in [7, 11) is 0. The fourth-order valence-corrected chi connectivity index (χ4v) is 9.82. The highest BCUT2D eigenvalue weighted by Crippen LogP contribution is 2.41. The van der Waals surface area contributed by atoms with E-state index < -0.39 is 0 Å². The lowest BCUT2D eigenvalue weighted by molar-refractivity contribution is 1.16. The summed E-state index contributed by atoms with van der Waals surface area (Å²) < 4.78 is 6.04. The van der Waals surface area contributed by atoms with Crippen molar-refractivity contribution in [3.05, 3.63) is 176 Å². The van der Waals surface area contributed by atoms with E-state index in [0.29, 0.717) is 0 Å². The van der Waals surface area contributed by atoms with Crippen LogP contribution in [-0.4, -0.2) is 14.1 Å². The number of para-hydroxylation sites is 2. The summed E-state index contributed by atoms with van der Waals surface area (Å²) in [5.74, 6) is 0. The van der Waals surface area contributed by atoms with E-state index in [1.807, 2.05) is 18.0 Å². The molecule has 0 atom stereocenters. The van der Waals surface area contributed by atoms with Crippen LogP contribution in [0.15, 0.2) is 186 Å². The van der Waals surface area contributed by atoms with Crippen molar-refractivity contribution in [2.24, 2.45) is 0 Å². The first-order valence-corrected chi connectivity index (χ1v) is 19.1. The normalized spacial score (nSPS) is 11.9. The van der Waals surface area contributed by atoms with Gasteiger partial charge in [-0.2, -0.15) is 0 Å². The summed E-state index contributed by atoms with van der Waals surface area (Å²) in [6, 6.07) is 61.7. The molecule has 0 bridgehead atoms. The summed E-state index contributed by atoms with van der Waals surface area (Å²) in [4.78, 5) is 8.45. The lowest BCUT2D eigenvalue weighted by atomic mass is 10.1. The molecule has 5 heteroatoms. The van der Waals surface area contributed by atoms with Crippen molar-refractivity contribution >= 4 is 87.0 Å². The molecular weight excluding hydrogens is 671 g/mol. The Hall–Kier alpha value is -6.14. The summed E-state index contributed by atoms with van der Waals surface area (Å²) in [5, 5.41) is 7.46. The van der Waals surface area contributed by atoms with Crippen LogP contribution in [0.1, 0.15) is 0 Å². The molecule has 4 heterocycles. The predicted octanol–water partition coefficient (Wildman–Crippen LogP) is 13.5. The van der Waals surface area contributed by atoms with Crippen molar-refractivity contribution in [3.8, 4) is 22.5 Å². The molecule has 11 aromatic rings. The first-order valence-electron chi connectivity index (χ1n) is 17.4. The quantitative estimate of drug-likeness (QED) is 0.178. The summed E-state index contributed by atoms with van der Waals surface area (Å²) in [5.41, 5.74) is 9.46. The topological polar surface area (TPSA) is 22.8 Å². The minimum atomic E-state index is 1.07. The van der Waals surface area contributed by atoms with Gasteiger partial charge in [-0.15, -0.1) is 11.3 Å². The highest BCUT2D eigenvalue weighted by atomic mass is 32.2. The van der Waals surface area contributed by atoms with Gasteiger partial charge in [0.1, 0.15) is 4.83 Å². The predicted molar refractivity (Wildman–Crippen MR) is 222 cm³/mol. The fraction of sp³-hybridized carbons (Fsp3) is 0. The maximum Gasteiger partial charge on any atom is 0.124 e. The molecule has 3 nitrogen and oxygen atoms in total. The van der Waals surface area contributed by atoms with Crippen LogP contribution in [0.25, 0.3) is 86.4 Å². The molecule has 7 aromatic carbocycles. The Balaban J connectivity index is 1.01. The molecule has 0 N–H and O–H groups in total. The van der Waals surface area contributed by atoms with Crippen molar-refractivity contribution in [2.75, 3.05) is 0 Å². The smallest absolute Gasteiger partial charge is 0.124 e. The van der Waals surface area contributed by atoms with Crippen molar-refractivity contribution in [2.45, 2.75) is 9.79 Å². The van der Waals surface area contributed by atoms with Crippen LogP contribution in [0.4, 0.5) is 0 Å². The maximum absolute atomic E-state index is 4.94. The number of thiophene rings is 1. The van der Waals surface area contributed by atoms with Gasteiger partial charge in [0.25, 0.3) is 0 Å². The summed E-state index contributed by atoms with van der Waals surface area (Å²) >= 11 is 3.57. The molecule has 0 unspecified atom stereocenters. The average Bonchev–Trinajstić information content (AvgIpc) is 3.85. The largest absolute Gasteiger partial charge is 0.309 e. The molecule has 0 spiro atoms. The number of benzene rings is 7. The first kappa shape index (κ1) is 29.6. The Labute approximate surface area is 308 Å². The number of aromatic nitrogens is 3. The minimum Gasteiger partial charge on any atom is -0.309 e. The van der Waals surface area contributed by atoms with Gasteiger partial charge in [-0.3, -0.25) is 0 Å². The Morgan fingerprint density at radius 3 is 1.69 bits per heavy atom. The van der Waals surface area contributed by atoms with E-state index in [0.717, 1.165) is 16.2 Å². The second-order valence-corrected chi connectivity index (χ2v) is 15.4. The van der Waals surface area contributed by atoms with Crippen molar-refractivity contribution in [3.63, 3.8) is 0 Å². The van der Waals surface area contributed by atoms with Crippen LogP contribution in [0, 0.1) is 0 Å². The van der Waals surface area contributed by atoms with Crippen LogP contribution in [0.2, 0.25) is 0 Å². The Morgan fingerprint density at radius 1 is 0.404 bits per heavy atom. The Bertz CT molecular complexity index is 3170. The Morgan fingerprint density at radius 2 is 0.981 bits per heavy atom. The molecule has 52 heavy (non-hydrogen) atoms. The summed E-state index contributed by atoms with van der Waals surface area (Å²) in [6.45, 7) is 0. The van der Waals surface area contributed by atoms with Crippen LogP contribution < -0.4 is 0 Å². The second-order valence-electron chi connectivity index (χ2n) is 13.2. The second kappa shape index (κ2) is 11.7. The van der Waals surface area contributed by atoms with Crippen LogP contribution in [0.3, 0.4) is 0 Å². The third-order valence-corrected chi connectivity index (χ3v) is 12.3. The van der Waals surface area contributed by atoms with Gasteiger partial charge in [0, 0.05) is 52.5 Å². The molecular formula is C47H29N3S2. The van der Waals surface area contributed by atoms with Crippen molar-refractivity contribution in [1.82, 2.24) is 14.1 Å². The van der Waals surface area contributed by atoms with Gasteiger partial charge in [-0.25, -0.2) is 4.98 Å². The van der Waals surface area contributed by atoms with Gasteiger partial charge in [0.15, 0.2) is 0 Å². The fourth-order valence-electron chi connectivity index (χ4n) is 7.90.